The summed E-state index contributed by atoms with van der Waals surface area (Å²) in [7, 11) is 0. The zero-order valence-corrected chi connectivity index (χ0v) is 13.7. The van der Waals surface area contributed by atoms with Crippen LogP contribution in [0.25, 0.3) is 0 Å². The molecule has 0 amide bonds. The molecule has 7 atom stereocenters. The Morgan fingerprint density at radius 3 is 2.82 bits per heavy atom. The minimum atomic E-state index is -0.0151. The molecule has 4 saturated carbocycles. The Labute approximate surface area is 132 Å². The summed E-state index contributed by atoms with van der Waals surface area (Å²) in [5.74, 6) is 4.37. The van der Waals surface area contributed by atoms with Crippen molar-refractivity contribution in [3.05, 3.63) is 11.6 Å². The summed E-state index contributed by atoms with van der Waals surface area (Å²) in [6.07, 6.45) is 9.40. The van der Waals surface area contributed by atoms with E-state index >= 15 is 0 Å². The minimum absolute atomic E-state index is 0.0151. The van der Waals surface area contributed by atoms with E-state index in [9.17, 15) is 9.59 Å². The molecule has 118 valence electrons. The van der Waals surface area contributed by atoms with Gasteiger partial charge in [-0.3, -0.25) is 9.59 Å². The molecule has 0 unspecified atom stereocenters. The molecule has 0 N–H and O–H groups in total. The van der Waals surface area contributed by atoms with Gasteiger partial charge in [-0.05, 0) is 73.2 Å². The van der Waals surface area contributed by atoms with E-state index in [4.69, 9.17) is 0 Å². The molecule has 2 heteroatoms. The lowest BCUT2D eigenvalue weighted by atomic mass is 9.47. The first-order valence-electron chi connectivity index (χ1n) is 9.24. The fourth-order valence-corrected chi connectivity index (χ4v) is 7.60. The molecule has 0 heterocycles. The maximum atomic E-state index is 12.6. The van der Waals surface area contributed by atoms with Crippen molar-refractivity contribution >= 4 is 11.6 Å². The molecule has 0 saturated heterocycles. The number of hydrogen-bond acceptors (Lipinski definition) is 2. The van der Waals surface area contributed by atoms with Crippen LogP contribution in [0.4, 0.5) is 0 Å². The van der Waals surface area contributed by atoms with Gasteiger partial charge < -0.3 is 0 Å². The van der Waals surface area contributed by atoms with E-state index in [1.807, 2.05) is 6.08 Å². The van der Waals surface area contributed by atoms with E-state index in [0.29, 0.717) is 34.7 Å². The van der Waals surface area contributed by atoms with E-state index in [0.717, 1.165) is 43.9 Å². The summed E-state index contributed by atoms with van der Waals surface area (Å²) in [5, 5.41) is 0. The summed E-state index contributed by atoms with van der Waals surface area (Å²) >= 11 is 0. The number of fused-ring (bicyclic) bond motifs is 3. The van der Waals surface area contributed by atoms with Gasteiger partial charge in [0.05, 0.1) is 0 Å². The Kier molecular flexibility index (Phi) is 2.42. The van der Waals surface area contributed by atoms with Crippen LogP contribution in [-0.2, 0) is 9.59 Å². The fraction of sp³-hybridized carbons (Fsp3) is 0.800. The average molecular weight is 298 g/mol. The van der Waals surface area contributed by atoms with E-state index in [2.05, 4.69) is 13.8 Å². The molecule has 0 bridgehead atoms. The van der Waals surface area contributed by atoms with Crippen molar-refractivity contribution < 1.29 is 9.59 Å². The van der Waals surface area contributed by atoms with Crippen LogP contribution < -0.4 is 0 Å². The molecule has 0 aromatic heterocycles. The first-order chi connectivity index (χ1) is 10.5. The second kappa shape index (κ2) is 3.94. The Hall–Kier alpha value is -0.920. The number of ketones is 2. The van der Waals surface area contributed by atoms with Gasteiger partial charge in [0.2, 0.25) is 0 Å². The van der Waals surface area contributed by atoms with Gasteiger partial charge in [-0.1, -0.05) is 19.4 Å². The third kappa shape index (κ3) is 1.35. The van der Waals surface area contributed by atoms with Crippen LogP contribution in [0, 0.1) is 40.4 Å². The van der Waals surface area contributed by atoms with Crippen molar-refractivity contribution in [3.8, 4) is 0 Å². The van der Waals surface area contributed by atoms with Crippen molar-refractivity contribution in [3.63, 3.8) is 0 Å². The normalized spacial score (nSPS) is 55.7. The smallest absolute Gasteiger partial charge is 0.155 e. The molecule has 0 aromatic rings. The minimum Gasteiger partial charge on any atom is -0.299 e. The predicted octanol–water partition coefficient (Wildman–Crippen LogP) is 3.94. The maximum absolute atomic E-state index is 12.6. The molecule has 5 aliphatic carbocycles. The number of allylic oxidation sites excluding steroid dienone is 1. The molecule has 5 rings (SSSR count). The topological polar surface area (TPSA) is 34.1 Å². The van der Waals surface area contributed by atoms with Crippen LogP contribution in [-0.4, -0.2) is 11.6 Å². The van der Waals surface area contributed by atoms with E-state index in [1.54, 1.807) is 0 Å². The Balaban J connectivity index is 1.58. The molecular formula is C20H26O2. The summed E-state index contributed by atoms with van der Waals surface area (Å²) in [5.41, 5.74) is 1.78. The fourth-order valence-electron chi connectivity index (χ4n) is 7.60. The van der Waals surface area contributed by atoms with Crippen LogP contribution >= 0.6 is 0 Å². The van der Waals surface area contributed by atoms with Gasteiger partial charge in [-0.2, -0.15) is 0 Å². The van der Waals surface area contributed by atoms with Gasteiger partial charge >= 0.3 is 0 Å². The number of Topliss-reactive ketones (excluding diaryl/α,β-unsaturated/α-hetero) is 1. The third-order valence-electron chi connectivity index (χ3n) is 8.47. The molecule has 0 aliphatic heterocycles. The molecule has 1 spiro atoms. The Morgan fingerprint density at radius 2 is 2.00 bits per heavy atom. The van der Waals surface area contributed by atoms with Crippen LogP contribution in [0.15, 0.2) is 11.6 Å². The molecule has 22 heavy (non-hydrogen) atoms. The highest BCUT2D eigenvalue weighted by Crippen LogP contribution is 2.81. The van der Waals surface area contributed by atoms with Crippen molar-refractivity contribution in [2.45, 2.75) is 58.8 Å². The highest BCUT2D eigenvalue weighted by molar-refractivity contribution is 5.92. The van der Waals surface area contributed by atoms with Gasteiger partial charge in [0.25, 0.3) is 0 Å². The molecule has 0 aromatic carbocycles. The lowest BCUT2D eigenvalue weighted by Crippen LogP contribution is -2.52. The van der Waals surface area contributed by atoms with Crippen molar-refractivity contribution in [1.29, 1.82) is 0 Å². The van der Waals surface area contributed by atoms with Gasteiger partial charge in [0.1, 0.15) is 5.78 Å². The number of rotatable bonds is 0. The Bertz CT molecular complexity index is 617. The van der Waals surface area contributed by atoms with Crippen molar-refractivity contribution in [2.75, 3.05) is 0 Å². The van der Waals surface area contributed by atoms with E-state index < -0.39 is 0 Å². The second-order valence-corrected chi connectivity index (χ2v) is 9.14. The highest BCUT2D eigenvalue weighted by atomic mass is 16.1. The monoisotopic (exact) mass is 298 g/mol. The lowest BCUT2D eigenvalue weighted by Gasteiger charge is -2.56. The first kappa shape index (κ1) is 13.5. The predicted molar refractivity (Wildman–Crippen MR) is 84.1 cm³/mol. The summed E-state index contributed by atoms with van der Waals surface area (Å²) < 4.78 is 0. The van der Waals surface area contributed by atoms with Gasteiger partial charge in [-0.15, -0.1) is 0 Å². The number of hydrogen-bond donors (Lipinski definition) is 0. The zero-order chi connectivity index (χ0) is 15.3. The summed E-state index contributed by atoms with van der Waals surface area (Å²) in [6, 6.07) is 0. The Morgan fingerprint density at radius 1 is 1.18 bits per heavy atom. The SMILES string of the molecule is C[C@@H]1CC2=CC(=O)CC[C@@H]2[C@H]2CC[C@]3(C)C(=O)C[C@@H]4C[C@]43[C@@H]21. The maximum Gasteiger partial charge on any atom is 0.155 e. The van der Waals surface area contributed by atoms with Crippen molar-refractivity contribution in [1.82, 2.24) is 0 Å². The first-order valence-corrected chi connectivity index (χ1v) is 9.24. The van der Waals surface area contributed by atoms with Crippen LogP contribution in [0.3, 0.4) is 0 Å². The molecule has 2 nitrogen and oxygen atoms in total. The second-order valence-electron chi connectivity index (χ2n) is 9.14. The van der Waals surface area contributed by atoms with E-state index in [1.165, 1.54) is 18.4 Å². The molecule has 0 radical (unpaired) electrons. The summed E-state index contributed by atoms with van der Waals surface area (Å²) in [6.45, 7) is 4.69. The standard InChI is InChI=1S/C20H26O2/c1-11-7-12-8-14(21)3-4-15(12)16-5-6-19(2)17(22)9-13-10-20(13,19)18(11)16/h8,11,13,15-16,18H,3-7,9-10H2,1-2H3/t11-,13-,15+,16-,18-,19-,20-/m1/s1. The van der Waals surface area contributed by atoms with Crippen molar-refractivity contribution in [2.24, 2.45) is 40.4 Å². The van der Waals surface area contributed by atoms with Gasteiger partial charge in [0.15, 0.2) is 5.78 Å². The number of carbonyl (C=O) groups is 2. The molecule has 5 aliphatic rings. The third-order valence-corrected chi connectivity index (χ3v) is 8.47. The molecular weight excluding hydrogens is 272 g/mol. The average Bonchev–Trinajstić information content (AvgIpc) is 3.11. The van der Waals surface area contributed by atoms with Gasteiger partial charge in [-0.25, -0.2) is 0 Å². The van der Waals surface area contributed by atoms with Crippen LogP contribution in [0.1, 0.15) is 58.8 Å². The largest absolute Gasteiger partial charge is 0.299 e. The van der Waals surface area contributed by atoms with E-state index in [-0.39, 0.29) is 5.41 Å². The molecule has 4 fully saturated rings. The number of carbonyl (C=O) groups excluding carboxylic acids is 2. The zero-order valence-electron chi connectivity index (χ0n) is 13.7. The van der Waals surface area contributed by atoms with Crippen LogP contribution in [0.5, 0.6) is 0 Å². The highest BCUT2D eigenvalue weighted by Gasteiger charge is 2.78. The van der Waals surface area contributed by atoms with Crippen LogP contribution in [0.2, 0.25) is 0 Å². The van der Waals surface area contributed by atoms with Gasteiger partial charge in [0, 0.05) is 18.3 Å². The lowest BCUT2D eigenvalue weighted by molar-refractivity contribution is -0.137. The summed E-state index contributed by atoms with van der Waals surface area (Å²) in [4.78, 5) is 24.4. The quantitative estimate of drug-likeness (QED) is 0.678.